The number of hydrogen-bond acceptors (Lipinski definition) is 4. The molecule has 5 N–H and O–H groups in total. The Balaban J connectivity index is 2.87. The number of rotatable bonds is 6. The SMILES string of the molecule is CCOc1cc(NC(C)CC(N)=O)c(N)cc1F. The Bertz CT molecular complexity index is 438. The molecule has 5 nitrogen and oxygen atoms in total. The number of nitrogens with one attached hydrogen (secondary N) is 1. The summed E-state index contributed by atoms with van der Waals surface area (Å²) in [5.74, 6) is -0.802. The van der Waals surface area contributed by atoms with Crippen LogP contribution in [0.5, 0.6) is 5.75 Å². The van der Waals surface area contributed by atoms with Gasteiger partial charge >= 0.3 is 0 Å². The number of ether oxygens (including phenoxy) is 1. The quantitative estimate of drug-likeness (QED) is 0.671. The Labute approximate surface area is 105 Å². The molecule has 18 heavy (non-hydrogen) atoms. The van der Waals surface area contributed by atoms with E-state index >= 15 is 0 Å². The van der Waals surface area contributed by atoms with Crippen molar-refractivity contribution in [1.82, 2.24) is 0 Å². The maximum Gasteiger partial charge on any atom is 0.219 e. The number of hydrogen-bond donors (Lipinski definition) is 3. The highest BCUT2D eigenvalue weighted by molar-refractivity contribution is 5.76. The third-order valence-corrected chi connectivity index (χ3v) is 2.31. The lowest BCUT2D eigenvalue weighted by Gasteiger charge is -2.17. The van der Waals surface area contributed by atoms with Crippen molar-refractivity contribution in [3.8, 4) is 5.75 Å². The van der Waals surface area contributed by atoms with Gasteiger partial charge in [0.05, 0.1) is 18.0 Å². The molecule has 1 aromatic carbocycles. The summed E-state index contributed by atoms with van der Waals surface area (Å²) in [5, 5.41) is 3.00. The molecule has 0 aliphatic heterocycles. The van der Waals surface area contributed by atoms with E-state index in [0.29, 0.717) is 12.3 Å². The summed E-state index contributed by atoms with van der Waals surface area (Å²) < 4.78 is 18.6. The molecule has 100 valence electrons. The van der Waals surface area contributed by atoms with Gasteiger partial charge in [0.15, 0.2) is 11.6 Å². The van der Waals surface area contributed by atoms with Crippen molar-refractivity contribution in [3.05, 3.63) is 17.9 Å². The lowest BCUT2D eigenvalue weighted by molar-refractivity contribution is -0.118. The molecule has 1 atom stereocenters. The lowest BCUT2D eigenvalue weighted by Crippen LogP contribution is -2.24. The second kappa shape index (κ2) is 6.09. The molecule has 0 aliphatic carbocycles. The highest BCUT2D eigenvalue weighted by Gasteiger charge is 2.12. The molecule has 0 aromatic heterocycles. The van der Waals surface area contributed by atoms with Crippen LogP contribution in [-0.2, 0) is 4.79 Å². The number of nitrogen functional groups attached to an aromatic ring is 1. The Hall–Kier alpha value is -1.98. The fraction of sp³-hybridized carbons (Fsp3) is 0.417. The van der Waals surface area contributed by atoms with Crippen LogP contribution in [0, 0.1) is 5.82 Å². The number of nitrogens with two attached hydrogens (primary N) is 2. The fourth-order valence-corrected chi connectivity index (χ4v) is 1.58. The maximum absolute atomic E-state index is 13.5. The van der Waals surface area contributed by atoms with E-state index < -0.39 is 11.7 Å². The van der Waals surface area contributed by atoms with E-state index in [9.17, 15) is 9.18 Å². The first-order valence-corrected chi connectivity index (χ1v) is 5.70. The van der Waals surface area contributed by atoms with Crippen molar-refractivity contribution in [2.75, 3.05) is 17.7 Å². The summed E-state index contributed by atoms with van der Waals surface area (Å²) >= 11 is 0. The van der Waals surface area contributed by atoms with Gasteiger partial charge in [-0.2, -0.15) is 0 Å². The summed E-state index contributed by atoms with van der Waals surface area (Å²) in [6.07, 6.45) is 0.167. The monoisotopic (exact) mass is 255 g/mol. The number of benzene rings is 1. The van der Waals surface area contributed by atoms with Gasteiger partial charge in [-0.25, -0.2) is 4.39 Å². The van der Waals surface area contributed by atoms with Crippen LogP contribution in [0.25, 0.3) is 0 Å². The number of carbonyl (C=O) groups is 1. The van der Waals surface area contributed by atoms with E-state index in [2.05, 4.69) is 5.32 Å². The van der Waals surface area contributed by atoms with Gasteiger partial charge in [-0.05, 0) is 13.8 Å². The molecular formula is C12H18FN3O2. The van der Waals surface area contributed by atoms with E-state index in [1.165, 1.54) is 12.1 Å². The first kappa shape index (κ1) is 14.1. The second-order valence-corrected chi connectivity index (χ2v) is 4.02. The van der Waals surface area contributed by atoms with Gasteiger partial charge in [0.1, 0.15) is 0 Å². The first-order valence-electron chi connectivity index (χ1n) is 5.70. The predicted molar refractivity (Wildman–Crippen MR) is 68.9 cm³/mol. The minimum Gasteiger partial charge on any atom is -0.491 e. The van der Waals surface area contributed by atoms with Crippen molar-refractivity contribution < 1.29 is 13.9 Å². The molecule has 0 aliphatic rings. The zero-order chi connectivity index (χ0) is 13.7. The zero-order valence-electron chi connectivity index (χ0n) is 10.5. The molecule has 0 saturated heterocycles. The zero-order valence-corrected chi connectivity index (χ0v) is 10.5. The van der Waals surface area contributed by atoms with Crippen LogP contribution in [0.4, 0.5) is 15.8 Å². The average Bonchev–Trinajstić information content (AvgIpc) is 2.24. The second-order valence-electron chi connectivity index (χ2n) is 4.02. The van der Waals surface area contributed by atoms with Crippen LogP contribution in [0.15, 0.2) is 12.1 Å². The number of primary amides is 1. The van der Waals surface area contributed by atoms with Crippen molar-refractivity contribution in [2.24, 2.45) is 5.73 Å². The normalized spacial score (nSPS) is 11.9. The van der Waals surface area contributed by atoms with Gasteiger partial charge in [-0.15, -0.1) is 0 Å². The highest BCUT2D eigenvalue weighted by Crippen LogP contribution is 2.28. The fourth-order valence-electron chi connectivity index (χ4n) is 1.58. The largest absolute Gasteiger partial charge is 0.491 e. The summed E-state index contributed by atoms with van der Waals surface area (Å²) in [6.45, 7) is 3.91. The Kier molecular flexibility index (Phi) is 4.76. The van der Waals surface area contributed by atoms with Crippen LogP contribution in [0.2, 0.25) is 0 Å². The predicted octanol–water partition coefficient (Wildman–Crippen LogP) is 1.48. The minimum atomic E-state index is -0.512. The Morgan fingerprint density at radius 1 is 1.56 bits per heavy atom. The lowest BCUT2D eigenvalue weighted by atomic mass is 10.2. The van der Waals surface area contributed by atoms with Gasteiger partial charge in [0, 0.05) is 24.6 Å². The van der Waals surface area contributed by atoms with E-state index in [1.807, 2.05) is 0 Å². The molecule has 0 heterocycles. The number of halogens is 1. The third kappa shape index (κ3) is 3.80. The maximum atomic E-state index is 13.5. The Morgan fingerprint density at radius 3 is 2.78 bits per heavy atom. The van der Waals surface area contributed by atoms with E-state index in [1.54, 1.807) is 13.8 Å². The summed E-state index contributed by atoms with van der Waals surface area (Å²) in [4.78, 5) is 10.8. The van der Waals surface area contributed by atoms with Crippen LogP contribution < -0.4 is 21.5 Å². The van der Waals surface area contributed by atoms with Gasteiger partial charge in [-0.1, -0.05) is 0 Å². The van der Waals surface area contributed by atoms with Gasteiger partial charge in [0.2, 0.25) is 5.91 Å². The topological polar surface area (TPSA) is 90.4 Å². The molecule has 0 bridgehead atoms. The highest BCUT2D eigenvalue weighted by atomic mass is 19.1. The molecular weight excluding hydrogens is 237 g/mol. The molecule has 0 fully saturated rings. The standard InChI is InChI=1S/C12H18FN3O2/c1-3-18-11-6-10(9(14)5-8(11)13)16-7(2)4-12(15)17/h5-7,16H,3-4,14H2,1-2H3,(H2,15,17). The molecule has 0 radical (unpaired) electrons. The van der Waals surface area contributed by atoms with Crippen LogP contribution in [-0.4, -0.2) is 18.6 Å². The van der Waals surface area contributed by atoms with Gasteiger partial charge in [-0.3, -0.25) is 4.79 Å². The molecule has 1 aromatic rings. The van der Waals surface area contributed by atoms with Crippen molar-refractivity contribution >= 4 is 17.3 Å². The van der Waals surface area contributed by atoms with Crippen LogP contribution >= 0.6 is 0 Å². The Morgan fingerprint density at radius 2 is 2.22 bits per heavy atom. The summed E-state index contributed by atoms with van der Waals surface area (Å²) in [5.41, 5.74) is 11.6. The van der Waals surface area contributed by atoms with Crippen molar-refractivity contribution in [1.29, 1.82) is 0 Å². The summed E-state index contributed by atoms with van der Waals surface area (Å²) in [6, 6.07) is 2.47. The number of amides is 1. The summed E-state index contributed by atoms with van der Waals surface area (Å²) in [7, 11) is 0. The van der Waals surface area contributed by atoms with Crippen LogP contribution in [0.1, 0.15) is 20.3 Å². The van der Waals surface area contributed by atoms with Crippen molar-refractivity contribution in [2.45, 2.75) is 26.3 Å². The smallest absolute Gasteiger partial charge is 0.219 e. The molecule has 1 amide bonds. The number of carbonyl (C=O) groups excluding carboxylic acids is 1. The van der Waals surface area contributed by atoms with Crippen LogP contribution in [0.3, 0.4) is 0 Å². The molecule has 0 spiro atoms. The van der Waals surface area contributed by atoms with Gasteiger partial charge in [0.25, 0.3) is 0 Å². The molecule has 0 saturated carbocycles. The molecule has 6 heteroatoms. The first-order chi connectivity index (χ1) is 8.43. The van der Waals surface area contributed by atoms with Gasteiger partial charge < -0.3 is 21.5 Å². The average molecular weight is 255 g/mol. The molecule has 1 rings (SSSR count). The van der Waals surface area contributed by atoms with E-state index in [0.717, 1.165) is 0 Å². The number of anilines is 2. The van der Waals surface area contributed by atoms with E-state index in [-0.39, 0.29) is 23.9 Å². The van der Waals surface area contributed by atoms with E-state index in [4.69, 9.17) is 16.2 Å². The third-order valence-electron chi connectivity index (χ3n) is 2.31. The molecule has 1 unspecified atom stereocenters. The minimum absolute atomic E-state index is 0.125. The van der Waals surface area contributed by atoms with Crippen molar-refractivity contribution in [3.63, 3.8) is 0 Å².